The zero-order valence-electron chi connectivity index (χ0n) is 9.52. The zero-order valence-corrected chi connectivity index (χ0v) is 10.3. The summed E-state index contributed by atoms with van der Waals surface area (Å²) in [7, 11) is 0. The fourth-order valence-corrected chi connectivity index (χ4v) is 1.74. The molecule has 0 aromatic heterocycles. The minimum atomic E-state index is 0.109. The molecule has 88 valence electrons. The Hall–Kier alpha value is -1.13. The number of hydrogen-bond acceptors (Lipinski definition) is 2. The fourth-order valence-electron chi connectivity index (χ4n) is 1.44. The van der Waals surface area contributed by atoms with Crippen molar-refractivity contribution in [2.75, 3.05) is 19.7 Å². The SMILES string of the molecule is CCNC(=S)N(CCO)Cc1ccccc1. The second kappa shape index (κ2) is 7.19. The number of rotatable bonds is 5. The summed E-state index contributed by atoms with van der Waals surface area (Å²) in [5, 5.41) is 12.8. The highest BCUT2D eigenvalue weighted by molar-refractivity contribution is 7.80. The minimum absolute atomic E-state index is 0.109. The molecule has 0 fully saturated rings. The predicted octanol–water partition coefficient (Wildman–Crippen LogP) is 1.38. The molecule has 16 heavy (non-hydrogen) atoms. The van der Waals surface area contributed by atoms with Crippen LogP contribution in [0.1, 0.15) is 12.5 Å². The summed E-state index contributed by atoms with van der Waals surface area (Å²) in [6.07, 6.45) is 0. The van der Waals surface area contributed by atoms with E-state index in [2.05, 4.69) is 17.4 Å². The van der Waals surface area contributed by atoms with Crippen molar-refractivity contribution in [3.63, 3.8) is 0 Å². The van der Waals surface area contributed by atoms with E-state index >= 15 is 0 Å². The van der Waals surface area contributed by atoms with Gasteiger partial charge in [0, 0.05) is 19.6 Å². The van der Waals surface area contributed by atoms with E-state index in [-0.39, 0.29) is 6.61 Å². The molecule has 1 rings (SSSR count). The summed E-state index contributed by atoms with van der Waals surface area (Å²) in [5.41, 5.74) is 1.19. The summed E-state index contributed by atoms with van der Waals surface area (Å²) in [6, 6.07) is 10.1. The highest BCUT2D eigenvalue weighted by atomic mass is 32.1. The third-order valence-corrected chi connectivity index (χ3v) is 2.60. The minimum Gasteiger partial charge on any atom is -0.395 e. The molecule has 2 N–H and O–H groups in total. The Morgan fingerprint density at radius 3 is 2.62 bits per heavy atom. The molecule has 0 atom stereocenters. The molecular formula is C12H18N2OS. The van der Waals surface area contributed by atoms with Crippen LogP contribution in [0.25, 0.3) is 0 Å². The number of thiocarbonyl (C=S) groups is 1. The molecule has 0 saturated heterocycles. The topological polar surface area (TPSA) is 35.5 Å². The van der Waals surface area contributed by atoms with E-state index < -0.39 is 0 Å². The van der Waals surface area contributed by atoms with Gasteiger partial charge >= 0.3 is 0 Å². The number of nitrogens with one attached hydrogen (secondary N) is 1. The van der Waals surface area contributed by atoms with Crippen LogP contribution in [0.5, 0.6) is 0 Å². The maximum Gasteiger partial charge on any atom is 0.169 e. The van der Waals surface area contributed by atoms with Crippen LogP contribution in [0.4, 0.5) is 0 Å². The lowest BCUT2D eigenvalue weighted by molar-refractivity contribution is 0.245. The number of nitrogens with zero attached hydrogens (tertiary/aromatic N) is 1. The lowest BCUT2D eigenvalue weighted by Crippen LogP contribution is -2.40. The molecule has 0 radical (unpaired) electrons. The lowest BCUT2D eigenvalue weighted by atomic mass is 10.2. The molecule has 0 amide bonds. The van der Waals surface area contributed by atoms with E-state index in [0.717, 1.165) is 13.1 Å². The van der Waals surface area contributed by atoms with Crippen molar-refractivity contribution in [3.8, 4) is 0 Å². The molecule has 0 aliphatic carbocycles. The summed E-state index contributed by atoms with van der Waals surface area (Å²) < 4.78 is 0. The van der Waals surface area contributed by atoms with Crippen molar-refractivity contribution in [1.82, 2.24) is 10.2 Å². The molecule has 1 aromatic rings. The average molecular weight is 238 g/mol. The van der Waals surface area contributed by atoms with Crippen molar-refractivity contribution < 1.29 is 5.11 Å². The molecule has 0 bridgehead atoms. The molecule has 3 nitrogen and oxygen atoms in total. The molecule has 0 aliphatic rings. The third-order valence-electron chi connectivity index (χ3n) is 2.20. The van der Waals surface area contributed by atoms with Gasteiger partial charge in [0.25, 0.3) is 0 Å². The Morgan fingerprint density at radius 2 is 2.06 bits per heavy atom. The van der Waals surface area contributed by atoms with E-state index in [9.17, 15) is 0 Å². The number of aliphatic hydroxyl groups is 1. The molecule has 0 spiro atoms. The smallest absolute Gasteiger partial charge is 0.169 e. The lowest BCUT2D eigenvalue weighted by Gasteiger charge is -2.24. The Kier molecular flexibility index (Phi) is 5.82. The molecule has 0 saturated carbocycles. The van der Waals surface area contributed by atoms with Crippen LogP contribution in [0.3, 0.4) is 0 Å². The van der Waals surface area contributed by atoms with E-state index in [4.69, 9.17) is 17.3 Å². The quantitative estimate of drug-likeness (QED) is 0.760. The molecule has 4 heteroatoms. The van der Waals surface area contributed by atoms with Gasteiger partial charge in [-0.3, -0.25) is 0 Å². The van der Waals surface area contributed by atoms with Crippen LogP contribution in [0, 0.1) is 0 Å². The van der Waals surface area contributed by atoms with Gasteiger partial charge < -0.3 is 15.3 Å². The van der Waals surface area contributed by atoms with Crippen LogP contribution in [0.2, 0.25) is 0 Å². The monoisotopic (exact) mass is 238 g/mol. The van der Waals surface area contributed by atoms with Gasteiger partial charge in [-0.25, -0.2) is 0 Å². The Labute approximate surface area is 102 Å². The van der Waals surface area contributed by atoms with E-state index in [1.165, 1.54) is 5.56 Å². The van der Waals surface area contributed by atoms with Gasteiger partial charge in [-0.2, -0.15) is 0 Å². The average Bonchev–Trinajstić information content (AvgIpc) is 2.30. The van der Waals surface area contributed by atoms with Crippen LogP contribution < -0.4 is 5.32 Å². The van der Waals surface area contributed by atoms with Gasteiger partial charge in [0.2, 0.25) is 0 Å². The van der Waals surface area contributed by atoms with Gasteiger partial charge in [0.1, 0.15) is 0 Å². The Morgan fingerprint density at radius 1 is 1.38 bits per heavy atom. The second-order valence-electron chi connectivity index (χ2n) is 3.47. The fraction of sp³-hybridized carbons (Fsp3) is 0.417. The van der Waals surface area contributed by atoms with Gasteiger partial charge in [0.05, 0.1) is 6.61 Å². The predicted molar refractivity (Wildman–Crippen MR) is 70.2 cm³/mol. The van der Waals surface area contributed by atoms with Crippen LogP contribution in [-0.2, 0) is 6.54 Å². The first-order valence-corrected chi connectivity index (χ1v) is 5.86. The van der Waals surface area contributed by atoms with Crippen molar-refractivity contribution in [2.24, 2.45) is 0 Å². The van der Waals surface area contributed by atoms with Crippen LogP contribution in [0.15, 0.2) is 30.3 Å². The van der Waals surface area contributed by atoms with Crippen LogP contribution >= 0.6 is 12.2 Å². The van der Waals surface area contributed by atoms with Gasteiger partial charge in [-0.1, -0.05) is 30.3 Å². The molecule has 0 heterocycles. The molecule has 0 unspecified atom stereocenters. The summed E-state index contributed by atoms with van der Waals surface area (Å²) in [6.45, 7) is 4.20. The van der Waals surface area contributed by atoms with Crippen molar-refractivity contribution in [2.45, 2.75) is 13.5 Å². The number of benzene rings is 1. The molecular weight excluding hydrogens is 220 g/mol. The zero-order chi connectivity index (χ0) is 11.8. The second-order valence-corrected chi connectivity index (χ2v) is 3.85. The van der Waals surface area contributed by atoms with Gasteiger partial charge in [0.15, 0.2) is 5.11 Å². The summed E-state index contributed by atoms with van der Waals surface area (Å²) in [5.74, 6) is 0. The van der Waals surface area contributed by atoms with E-state index in [1.807, 2.05) is 30.0 Å². The maximum absolute atomic E-state index is 9.00. The van der Waals surface area contributed by atoms with E-state index in [1.54, 1.807) is 0 Å². The summed E-state index contributed by atoms with van der Waals surface area (Å²) in [4.78, 5) is 1.97. The Bertz CT molecular complexity index is 316. The largest absolute Gasteiger partial charge is 0.395 e. The standard InChI is InChI=1S/C12H18N2OS/c1-2-13-12(16)14(8-9-15)10-11-6-4-3-5-7-11/h3-7,15H,2,8-10H2,1H3,(H,13,16). The number of aliphatic hydroxyl groups excluding tert-OH is 1. The Balaban J connectivity index is 2.60. The maximum atomic E-state index is 9.00. The van der Waals surface area contributed by atoms with Gasteiger partial charge in [-0.05, 0) is 24.7 Å². The highest BCUT2D eigenvalue weighted by Gasteiger charge is 2.08. The first-order valence-electron chi connectivity index (χ1n) is 5.45. The molecule has 1 aromatic carbocycles. The van der Waals surface area contributed by atoms with Crippen molar-refractivity contribution >= 4 is 17.3 Å². The van der Waals surface area contributed by atoms with Crippen molar-refractivity contribution in [3.05, 3.63) is 35.9 Å². The first-order chi connectivity index (χ1) is 7.77. The molecule has 0 aliphatic heterocycles. The summed E-state index contributed by atoms with van der Waals surface area (Å²) >= 11 is 5.24. The first kappa shape index (κ1) is 12.9. The van der Waals surface area contributed by atoms with Gasteiger partial charge in [-0.15, -0.1) is 0 Å². The van der Waals surface area contributed by atoms with E-state index in [0.29, 0.717) is 11.7 Å². The van der Waals surface area contributed by atoms with Crippen LogP contribution in [-0.4, -0.2) is 34.8 Å². The number of hydrogen-bond donors (Lipinski definition) is 2. The normalized spacial score (nSPS) is 9.88. The highest BCUT2D eigenvalue weighted by Crippen LogP contribution is 2.04. The van der Waals surface area contributed by atoms with Crippen molar-refractivity contribution in [1.29, 1.82) is 0 Å². The third kappa shape index (κ3) is 4.16.